The zero-order valence-corrected chi connectivity index (χ0v) is 11.6. The van der Waals surface area contributed by atoms with Crippen LogP contribution >= 0.6 is 34.8 Å². The molecule has 0 radical (unpaired) electrons. The third-order valence-corrected chi connectivity index (χ3v) is 2.78. The molecule has 0 spiro atoms. The van der Waals surface area contributed by atoms with Gasteiger partial charge in [-0.25, -0.2) is 0 Å². The minimum absolute atomic E-state index is 0.0983. The first-order chi connectivity index (χ1) is 9.06. The Balaban J connectivity index is 2.13. The summed E-state index contributed by atoms with van der Waals surface area (Å²) in [4.78, 5) is 0. The fraction of sp³-hybridized carbons (Fsp3) is 0. The molecule has 5 nitrogen and oxygen atoms in total. The van der Waals surface area contributed by atoms with Crippen molar-refractivity contribution in [1.29, 1.82) is 0 Å². The van der Waals surface area contributed by atoms with Crippen molar-refractivity contribution in [3.8, 4) is 5.75 Å². The second kappa shape index (κ2) is 6.06. The third-order valence-electron chi connectivity index (χ3n) is 2.07. The molecule has 0 saturated carbocycles. The summed E-state index contributed by atoms with van der Waals surface area (Å²) < 4.78 is 0. The lowest BCUT2D eigenvalue weighted by molar-refractivity contribution is 0.475. The highest BCUT2D eigenvalue weighted by Gasteiger charge is 2.05. The fourth-order valence-corrected chi connectivity index (χ4v) is 1.84. The fourth-order valence-electron chi connectivity index (χ4n) is 1.23. The van der Waals surface area contributed by atoms with Gasteiger partial charge in [0.05, 0.1) is 11.2 Å². The van der Waals surface area contributed by atoms with E-state index in [9.17, 15) is 5.11 Å². The first-order valence-corrected chi connectivity index (χ1v) is 6.16. The Morgan fingerprint density at radius 1 is 1.16 bits per heavy atom. The van der Waals surface area contributed by atoms with Crippen LogP contribution in [0.25, 0.3) is 0 Å². The van der Waals surface area contributed by atoms with E-state index >= 15 is 0 Å². The smallest absolute Gasteiger partial charge is 0.168 e. The largest absolute Gasteiger partial charge is 0.506 e. The van der Waals surface area contributed by atoms with Crippen LogP contribution in [-0.4, -0.2) is 21.5 Å². The normalized spacial score (nSPS) is 10.9. The van der Waals surface area contributed by atoms with E-state index < -0.39 is 0 Å². The second-order valence-corrected chi connectivity index (χ2v) is 4.67. The Kier molecular flexibility index (Phi) is 4.42. The summed E-state index contributed by atoms with van der Waals surface area (Å²) in [6, 6.07) is 6.15. The van der Waals surface area contributed by atoms with Crippen molar-refractivity contribution < 1.29 is 5.11 Å². The van der Waals surface area contributed by atoms with Crippen molar-refractivity contribution in [2.24, 2.45) is 5.10 Å². The van der Waals surface area contributed by atoms with Gasteiger partial charge in [-0.1, -0.05) is 34.8 Å². The van der Waals surface area contributed by atoms with Crippen molar-refractivity contribution in [3.63, 3.8) is 0 Å². The van der Waals surface area contributed by atoms with Crippen LogP contribution in [0.4, 0.5) is 5.82 Å². The molecule has 2 N–H and O–H groups in total. The molecular formula is C11H7Cl3N4O. The topological polar surface area (TPSA) is 70.4 Å². The molecule has 2 aromatic rings. The highest BCUT2D eigenvalue weighted by atomic mass is 35.5. The summed E-state index contributed by atoms with van der Waals surface area (Å²) in [5.41, 5.74) is 3.01. The van der Waals surface area contributed by atoms with Crippen LogP contribution in [0.3, 0.4) is 0 Å². The number of nitrogens with zero attached hydrogens (tertiary/aromatic N) is 3. The van der Waals surface area contributed by atoms with E-state index in [1.54, 1.807) is 12.1 Å². The molecule has 1 heterocycles. The molecule has 8 heteroatoms. The molecule has 2 rings (SSSR count). The number of nitrogens with one attached hydrogen (secondary N) is 1. The molecule has 0 unspecified atom stereocenters. The Morgan fingerprint density at radius 2 is 1.95 bits per heavy atom. The Hall–Kier alpha value is -1.56. The van der Waals surface area contributed by atoms with Gasteiger partial charge in [-0.3, -0.25) is 5.43 Å². The number of hydrogen-bond acceptors (Lipinski definition) is 5. The molecule has 0 aliphatic rings. The van der Waals surface area contributed by atoms with Crippen LogP contribution in [0.2, 0.25) is 15.2 Å². The standard InChI is InChI=1S/C11H7Cl3N4O/c12-7-3-6(11(19)8(13)4-7)5-15-17-10-2-1-9(14)16-18-10/h1-5,19H,(H,17,18). The lowest BCUT2D eigenvalue weighted by Gasteiger charge is -2.02. The van der Waals surface area contributed by atoms with Crippen molar-refractivity contribution in [3.05, 3.63) is 45.0 Å². The maximum absolute atomic E-state index is 9.70. The summed E-state index contributed by atoms with van der Waals surface area (Å²) in [5, 5.41) is 21.8. The molecule has 0 fully saturated rings. The van der Waals surface area contributed by atoms with E-state index in [0.29, 0.717) is 16.4 Å². The number of aromatic hydroxyl groups is 1. The first-order valence-electron chi connectivity index (χ1n) is 5.02. The van der Waals surface area contributed by atoms with Gasteiger partial charge in [-0.15, -0.1) is 10.2 Å². The number of aromatic nitrogens is 2. The number of benzene rings is 1. The van der Waals surface area contributed by atoms with E-state index in [-0.39, 0.29) is 15.9 Å². The molecule has 1 aromatic carbocycles. The van der Waals surface area contributed by atoms with E-state index in [2.05, 4.69) is 20.7 Å². The highest BCUT2D eigenvalue weighted by molar-refractivity contribution is 6.36. The van der Waals surface area contributed by atoms with Crippen LogP contribution in [-0.2, 0) is 0 Å². The van der Waals surface area contributed by atoms with Gasteiger partial charge in [0.1, 0.15) is 5.75 Å². The predicted molar refractivity (Wildman–Crippen MR) is 76.4 cm³/mol. The molecule has 0 atom stereocenters. The minimum Gasteiger partial charge on any atom is -0.506 e. The number of halogens is 3. The Bertz CT molecular complexity index is 616. The van der Waals surface area contributed by atoms with E-state index in [0.717, 1.165) is 0 Å². The summed E-state index contributed by atoms with van der Waals surface area (Å²) >= 11 is 17.2. The molecule has 0 aliphatic carbocycles. The number of rotatable bonds is 3. The lowest BCUT2D eigenvalue weighted by Crippen LogP contribution is -1.95. The summed E-state index contributed by atoms with van der Waals surface area (Å²) in [6.45, 7) is 0. The molecule has 1 aromatic heterocycles. The Labute approximate surface area is 123 Å². The van der Waals surface area contributed by atoms with Crippen LogP contribution in [0, 0.1) is 0 Å². The molecule has 0 bridgehead atoms. The van der Waals surface area contributed by atoms with Gasteiger partial charge >= 0.3 is 0 Å². The van der Waals surface area contributed by atoms with Gasteiger partial charge < -0.3 is 5.11 Å². The van der Waals surface area contributed by atoms with Crippen molar-refractivity contribution in [2.45, 2.75) is 0 Å². The Morgan fingerprint density at radius 3 is 2.63 bits per heavy atom. The first kappa shape index (κ1) is 13.9. The van der Waals surface area contributed by atoms with Crippen molar-refractivity contribution in [1.82, 2.24) is 10.2 Å². The maximum Gasteiger partial charge on any atom is 0.168 e. The van der Waals surface area contributed by atoms with E-state index in [4.69, 9.17) is 34.8 Å². The van der Waals surface area contributed by atoms with Gasteiger partial charge in [-0.05, 0) is 24.3 Å². The molecule has 0 amide bonds. The third kappa shape index (κ3) is 3.70. The van der Waals surface area contributed by atoms with Crippen molar-refractivity contribution >= 4 is 46.8 Å². The SMILES string of the molecule is Oc1c(Cl)cc(Cl)cc1C=NNc1ccc(Cl)nn1. The molecule has 19 heavy (non-hydrogen) atoms. The number of hydrazone groups is 1. The quantitative estimate of drug-likeness (QED) is 0.670. The summed E-state index contributed by atoms with van der Waals surface area (Å²) in [6.07, 6.45) is 1.36. The van der Waals surface area contributed by atoms with Crippen molar-refractivity contribution in [2.75, 3.05) is 5.43 Å². The van der Waals surface area contributed by atoms with Gasteiger partial charge in [0.2, 0.25) is 0 Å². The van der Waals surface area contributed by atoms with E-state index in [1.807, 2.05) is 0 Å². The number of phenolic OH excluding ortho intramolecular Hbond substituents is 1. The van der Waals surface area contributed by atoms with E-state index in [1.165, 1.54) is 18.3 Å². The molecular weight excluding hydrogens is 311 g/mol. The zero-order chi connectivity index (χ0) is 13.8. The van der Waals surface area contributed by atoms with Gasteiger partial charge in [0.25, 0.3) is 0 Å². The summed E-state index contributed by atoms with van der Waals surface area (Å²) in [7, 11) is 0. The molecule has 98 valence electrons. The molecule has 0 aliphatic heterocycles. The highest BCUT2D eigenvalue weighted by Crippen LogP contribution is 2.29. The van der Waals surface area contributed by atoms with Crippen LogP contribution < -0.4 is 5.43 Å². The second-order valence-electron chi connectivity index (χ2n) is 3.44. The average molecular weight is 318 g/mol. The number of phenols is 1. The predicted octanol–water partition coefficient (Wildman–Crippen LogP) is 3.59. The van der Waals surface area contributed by atoms with Crippen LogP contribution in [0.15, 0.2) is 29.4 Å². The lowest BCUT2D eigenvalue weighted by atomic mass is 10.2. The molecule has 0 saturated heterocycles. The van der Waals surface area contributed by atoms with Crippen LogP contribution in [0.5, 0.6) is 5.75 Å². The summed E-state index contributed by atoms with van der Waals surface area (Å²) in [5.74, 6) is 0.312. The number of anilines is 1. The minimum atomic E-state index is -0.0983. The van der Waals surface area contributed by atoms with Crippen LogP contribution in [0.1, 0.15) is 5.56 Å². The zero-order valence-electron chi connectivity index (χ0n) is 9.31. The van der Waals surface area contributed by atoms with Gasteiger partial charge in [-0.2, -0.15) is 5.10 Å². The van der Waals surface area contributed by atoms with Gasteiger partial charge in [0.15, 0.2) is 11.0 Å². The maximum atomic E-state index is 9.70. The average Bonchev–Trinajstić information content (AvgIpc) is 2.37. The monoisotopic (exact) mass is 316 g/mol. The van der Waals surface area contributed by atoms with Gasteiger partial charge in [0, 0.05) is 10.6 Å². The number of hydrogen-bond donors (Lipinski definition) is 2.